The van der Waals surface area contributed by atoms with Crippen molar-refractivity contribution in [1.82, 2.24) is 10.2 Å². The van der Waals surface area contributed by atoms with E-state index in [1.165, 1.54) is 4.90 Å². The van der Waals surface area contributed by atoms with E-state index in [1.807, 2.05) is 13.2 Å². The lowest BCUT2D eigenvalue weighted by atomic mass is 10.0. The first kappa shape index (κ1) is 13.2. The van der Waals surface area contributed by atoms with Crippen LogP contribution in [0.1, 0.15) is 13.3 Å². The highest BCUT2D eigenvalue weighted by atomic mass is 32.2. The van der Waals surface area contributed by atoms with Crippen LogP contribution in [0, 0.1) is 5.92 Å². The van der Waals surface area contributed by atoms with Crippen LogP contribution in [-0.2, 0) is 4.79 Å². The molecule has 2 amide bonds. The molecule has 5 nitrogen and oxygen atoms in total. The van der Waals surface area contributed by atoms with Crippen LogP contribution in [0.2, 0.25) is 0 Å². The summed E-state index contributed by atoms with van der Waals surface area (Å²) in [6, 6.07) is -0.930. The number of rotatable bonds is 4. The maximum Gasteiger partial charge on any atom is 0.326 e. The summed E-state index contributed by atoms with van der Waals surface area (Å²) < 4.78 is 0. The van der Waals surface area contributed by atoms with Gasteiger partial charge in [0.25, 0.3) is 0 Å². The minimum absolute atomic E-state index is 0.0313. The predicted octanol–water partition coefficient (Wildman–Crippen LogP) is 0.854. The predicted molar refractivity (Wildman–Crippen MR) is 63.7 cm³/mol. The molecule has 1 heterocycles. The molecule has 0 aromatic carbocycles. The van der Waals surface area contributed by atoms with Gasteiger partial charge >= 0.3 is 12.0 Å². The molecule has 2 atom stereocenters. The second kappa shape index (κ2) is 5.98. The highest BCUT2D eigenvalue weighted by molar-refractivity contribution is 7.98. The van der Waals surface area contributed by atoms with E-state index in [1.54, 1.807) is 11.8 Å². The van der Waals surface area contributed by atoms with Gasteiger partial charge in [-0.25, -0.2) is 9.59 Å². The van der Waals surface area contributed by atoms with Gasteiger partial charge in [0.2, 0.25) is 0 Å². The minimum Gasteiger partial charge on any atom is -0.480 e. The van der Waals surface area contributed by atoms with Crippen LogP contribution < -0.4 is 5.32 Å². The summed E-state index contributed by atoms with van der Waals surface area (Å²) in [5, 5.41) is 11.8. The third-order valence-electron chi connectivity index (χ3n) is 2.80. The van der Waals surface area contributed by atoms with Crippen LogP contribution in [-0.4, -0.2) is 53.1 Å². The number of nitrogens with zero attached hydrogens (tertiary/aromatic N) is 1. The average Bonchev–Trinajstić information content (AvgIpc) is 2.60. The molecule has 1 saturated heterocycles. The molecular weight excluding hydrogens is 228 g/mol. The number of carboxylic acid groups (broad SMARTS) is 1. The second-order valence-electron chi connectivity index (χ2n) is 3.97. The molecule has 0 bridgehead atoms. The van der Waals surface area contributed by atoms with Crippen LogP contribution in [0.3, 0.4) is 0 Å². The molecule has 0 aromatic rings. The fourth-order valence-corrected chi connectivity index (χ4v) is 2.22. The smallest absolute Gasteiger partial charge is 0.326 e. The molecule has 6 heteroatoms. The third kappa shape index (κ3) is 3.04. The zero-order valence-corrected chi connectivity index (χ0v) is 10.4. The van der Waals surface area contributed by atoms with Crippen molar-refractivity contribution in [2.75, 3.05) is 25.1 Å². The Morgan fingerprint density at radius 1 is 1.56 bits per heavy atom. The van der Waals surface area contributed by atoms with E-state index in [2.05, 4.69) is 5.32 Å². The highest BCUT2D eigenvalue weighted by Crippen LogP contribution is 2.23. The van der Waals surface area contributed by atoms with Crippen molar-refractivity contribution in [3.05, 3.63) is 0 Å². The Bertz CT molecular complexity index is 273. The lowest BCUT2D eigenvalue weighted by Gasteiger charge is -2.23. The van der Waals surface area contributed by atoms with E-state index < -0.39 is 12.0 Å². The molecule has 0 saturated carbocycles. The van der Waals surface area contributed by atoms with Crippen molar-refractivity contribution in [3.63, 3.8) is 0 Å². The zero-order chi connectivity index (χ0) is 12.1. The number of carbonyl (C=O) groups is 2. The molecule has 1 rings (SSSR count). The standard InChI is InChI=1S/C10H18N2O3S/c1-7-3-5-12(8(7)9(13)14)10(15)11-4-6-16-2/h7-8H,3-6H2,1-2H3,(H,11,15)(H,13,14). The average molecular weight is 246 g/mol. The fourth-order valence-electron chi connectivity index (χ4n) is 1.91. The van der Waals surface area contributed by atoms with E-state index in [4.69, 9.17) is 5.11 Å². The molecule has 1 aliphatic rings. The Balaban J connectivity index is 2.51. The maximum absolute atomic E-state index is 11.7. The van der Waals surface area contributed by atoms with Gasteiger partial charge in [-0.05, 0) is 18.6 Å². The molecule has 0 aromatic heterocycles. The summed E-state index contributed by atoms with van der Waals surface area (Å²) in [6.45, 7) is 2.98. The van der Waals surface area contributed by atoms with Gasteiger partial charge in [-0.2, -0.15) is 11.8 Å². The van der Waals surface area contributed by atoms with Crippen LogP contribution in [0.4, 0.5) is 4.79 Å². The van der Waals surface area contributed by atoms with Crippen LogP contribution in [0.5, 0.6) is 0 Å². The molecular formula is C10H18N2O3S. The number of carboxylic acids is 1. The highest BCUT2D eigenvalue weighted by Gasteiger charge is 2.39. The fraction of sp³-hybridized carbons (Fsp3) is 0.800. The van der Waals surface area contributed by atoms with Crippen molar-refractivity contribution < 1.29 is 14.7 Å². The molecule has 1 aliphatic heterocycles. The van der Waals surface area contributed by atoms with Gasteiger partial charge in [0, 0.05) is 18.8 Å². The first-order valence-electron chi connectivity index (χ1n) is 5.34. The molecule has 1 fully saturated rings. The lowest BCUT2D eigenvalue weighted by Crippen LogP contribution is -2.48. The number of urea groups is 1. The summed E-state index contributed by atoms with van der Waals surface area (Å²) in [5.74, 6) is -0.0406. The van der Waals surface area contributed by atoms with Crippen LogP contribution in [0.15, 0.2) is 0 Å². The summed E-state index contributed by atoms with van der Waals surface area (Å²) in [6.07, 6.45) is 2.72. The van der Waals surface area contributed by atoms with E-state index in [-0.39, 0.29) is 11.9 Å². The maximum atomic E-state index is 11.7. The van der Waals surface area contributed by atoms with Gasteiger partial charge in [-0.3, -0.25) is 0 Å². The molecule has 92 valence electrons. The van der Waals surface area contributed by atoms with Gasteiger partial charge in [-0.1, -0.05) is 6.92 Å². The lowest BCUT2D eigenvalue weighted by molar-refractivity contribution is -0.142. The first-order chi connectivity index (χ1) is 7.57. The van der Waals surface area contributed by atoms with Crippen molar-refractivity contribution >= 4 is 23.8 Å². The van der Waals surface area contributed by atoms with Crippen LogP contribution in [0.25, 0.3) is 0 Å². The van der Waals surface area contributed by atoms with E-state index in [9.17, 15) is 9.59 Å². The Hall–Kier alpha value is -0.910. The summed E-state index contributed by atoms with van der Waals surface area (Å²) in [7, 11) is 0. The number of aliphatic carboxylic acids is 1. The molecule has 0 aliphatic carbocycles. The molecule has 0 spiro atoms. The topological polar surface area (TPSA) is 69.6 Å². The number of hydrogen-bond donors (Lipinski definition) is 2. The van der Waals surface area contributed by atoms with Crippen molar-refractivity contribution in [3.8, 4) is 0 Å². The van der Waals surface area contributed by atoms with Gasteiger partial charge in [-0.15, -0.1) is 0 Å². The second-order valence-corrected chi connectivity index (χ2v) is 4.95. The van der Waals surface area contributed by atoms with Crippen molar-refractivity contribution in [2.24, 2.45) is 5.92 Å². The number of thioether (sulfide) groups is 1. The van der Waals surface area contributed by atoms with Gasteiger partial charge < -0.3 is 15.3 Å². The van der Waals surface area contributed by atoms with E-state index >= 15 is 0 Å². The number of likely N-dealkylation sites (tertiary alicyclic amines) is 1. The first-order valence-corrected chi connectivity index (χ1v) is 6.73. The minimum atomic E-state index is -0.912. The number of nitrogens with one attached hydrogen (secondary N) is 1. The van der Waals surface area contributed by atoms with Crippen molar-refractivity contribution in [2.45, 2.75) is 19.4 Å². The Kier molecular flexibility index (Phi) is 4.92. The molecule has 16 heavy (non-hydrogen) atoms. The van der Waals surface area contributed by atoms with Crippen molar-refractivity contribution in [1.29, 1.82) is 0 Å². The Labute approximate surface area is 99.6 Å². The summed E-state index contributed by atoms with van der Waals surface area (Å²) in [4.78, 5) is 24.2. The molecule has 2 N–H and O–H groups in total. The van der Waals surface area contributed by atoms with E-state index in [0.717, 1.165) is 12.2 Å². The third-order valence-corrected chi connectivity index (χ3v) is 3.41. The van der Waals surface area contributed by atoms with Gasteiger partial charge in [0.1, 0.15) is 6.04 Å². The van der Waals surface area contributed by atoms with Gasteiger partial charge in [0.05, 0.1) is 0 Å². The number of hydrogen-bond acceptors (Lipinski definition) is 3. The largest absolute Gasteiger partial charge is 0.480 e. The molecule has 2 unspecified atom stereocenters. The molecule has 0 radical (unpaired) electrons. The SMILES string of the molecule is CSCCNC(=O)N1CCC(C)C1C(=O)O. The van der Waals surface area contributed by atoms with E-state index in [0.29, 0.717) is 13.1 Å². The zero-order valence-electron chi connectivity index (χ0n) is 9.60. The Morgan fingerprint density at radius 2 is 2.25 bits per heavy atom. The Morgan fingerprint density at radius 3 is 2.81 bits per heavy atom. The quantitative estimate of drug-likeness (QED) is 0.722. The monoisotopic (exact) mass is 246 g/mol. The number of amides is 2. The summed E-state index contributed by atoms with van der Waals surface area (Å²) in [5.41, 5.74) is 0. The summed E-state index contributed by atoms with van der Waals surface area (Å²) >= 11 is 1.64. The van der Waals surface area contributed by atoms with Gasteiger partial charge in [0.15, 0.2) is 0 Å². The normalized spacial score (nSPS) is 24.5. The number of carbonyl (C=O) groups excluding carboxylic acids is 1. The van der Waals surface area contributed by atoms with Crippen LogP contribution >= 0.6 is 11.8 Å².